The molecule has 0 radical (unpaired) electrons. The quantitative estimate of drug-likeness (QED) is 0.626. The van der Waals surface area contributed by atoms with Gasteiger partial charge in [0.05, 0.1) is 26.9 Å². The molecule has 0 unspecified atom stereocenters. The lowest BCUT2D eigenvalue weighted by molar-refractivity contribution is -0.120. The maximum Gasteiger partial charge on any atom is 0.407 e. The fourth-order valence-electron chi connectivity index (χ4n) is 2.74. The highest BCUT2D eigenvalue weighted by Gasteiger charge is 2.22. The van der Waals surface area contributed by atoms with Crippen LogP contribution in [0.1, 0.15) is 44.9 Å². The van der Waals surface area contributed by atoms with E-state index in [1.807, 2.05) is 0 Å². The summed E-state index contributed by atoms with van der Waals surface area (Å²) in [4.78, 5) is 22.9. The standard InChI is InChI=1S/C16H29NO5/c1-20-11-12-22-10-9-15(18)8-5-13-3-6-14(7-4-13)17-16(19)21-2/h13-14H,3-12H2,1-2H3,(H,17,19). The average molecular weight is 315 g/mol. The van der Waals surface area contributed by atoms with Crippen LogP contribution >= 0.6 is 0 Å². The molecule has 1 amide bonds. The normalized spacial score (nSPS) is 21.4. The zero-order chi connectivity index (χ0) is 16.2. The van der Waals surface area contributed by atoms with Gasteiger partial charge in [0.2, 0.25) is 0 Å². The summed E-state index contributed by atoms with van der Waals surface area (Å²) in [6, 6.07) is 0.216. The molecular weight excluding hydrogens is 286 g/mol. The summed E-state index contributed by atoms with van der Waals surface area (Å²) in [6.45, 7) is 1.59. The number of ketones is 1. The van der Waals surface area contributed by atoms with Gasteiger partial charge in [0.15, 0.2) is 0 Å². The molecule has 0 aromatic rings. The van der Waals surface area contributed by atoms with Gasteiger partial charge >= 0.3 is 6.09 Å². The highest BCUT2D eigenvalue weighted by atomic mass is 16.5. The molecule has 0 aromatic heterocycles. The molecule has 22 heavy (non-hydrogen) atoms. The molecule has 1 saturated carbocycles. The average Bonchev–Trinajstić information content (AvgIpc) is 2.54. The summed E-state index contributed by atoms with van der Waals surface area (Å²) in [5, 5.41) is 2.84. The lowest BCUT2D eigenvalue weighted by Crippen LogP contribution is -2.37. The number of methoxy groups -OCH3 is 2. The molecular formula is C16H29NO5. The Morgan fingerprint density at radius 1 is 1.00 bits per heavy atom. The second kappa shape index (κ2) is 11.4. The topological polar surface area (TPSA) is 73.9 Å². The van der Waals surface area contributed by atoms with Crippen LogP contribution in [0.4, 0.5) is 4.79 Å². The van der Waals surface area contributed by atoms with Crippen LogP contribution in [0.3, 0.4) is 0 Å². The summed E-state index contributed by atoms with van der Waals surface area (Å²) in [7, 11) is 3.01. The van der Waals surface area contributed by atoms with Gasteiger partial charge in [-0.3, -0.25) is 4.79 Å². The van der Waals surface area contributed by atoms with Crippen LogP contribution in [0.2, 0.25) is 0 Å². The number of alkyl carbamates (subject to hydrolysis) is 1. The monoisotopic (exact) mass is 315 g/mol. The first-order chi connectivity index (χ1) is 10.7. The number of nitrogens with one attached hydrogen (secondary N) is 1. The van der Waals surface area contributed by atoms with E-state index in [1.165, 1.54) is 7.11 Å². The molecule has 0 aromatic carbocycles. The van der Waals surface area contributed by atoms with E-state index in [4.69, 9.17) is 9.47 Å². The van der Waals surface area contributed by atoms with Gasteiger partial charge < -0.3 is 19.5 Å². The summed E-state index contributed by atoms with van der Waals surface area (Å²) in [5.41, 5.74) is 0. The first-order valence-corrected chi connectivity index (χ1v) is 8.08. The Labute approximate surface area is 132 Å². The minimum absolute atomic E-state index is 0.216. The van der Waals surface area contributed by atoms with Crippen LogP contribution in [-0.4, -0.2) is 52.0 Å². The highest BCUT2D eigenvalue weighted by Crippen LogP contribution is 2.28. The van der Waals surface area contributed by atoms with Crippen LogP contribution in [0.5, 0.6) is 0 Å². The van der Waals surface area contributed by atoms with Crippen LogP contribution in [0, 0.1) is 5.92 Å². The number of hydrogen-bond acceptors (Lipinski definition) is 5. The van der Waals surface area contributed by atoms with Gasteiger partial charge in [-0.25, -0.2) is 4.79 Å². The molecule has 0 atom stereocenters. The van der Waals surface area contributed by atoms with Crippen LogP contribution in [0.25, 0.3) is 0 Å². The SMILES string of the molecule is COCCOCCC(=O)CCC1CCC(NC(=O)OC)CC1. The van der Waals surface area contributed by atoms with Crippen LogP contribution in [-0.2, 0) is 19.0 Å². The fraction of sp³-hybridized carbons (Fsp3) is 0.875. The predicted molar refractivity (Wildman–Crippen MR) is 82.8 cm³/mol. The maximum absolute atomic E-state index is 11.8. The van der Waals surface area contributed by atoms with Crippen molar-refractivity contribution >= 4 is 11.9 Å². The number of Topliss-reactive ketones (excluding diaryl/α,β-unsaturated/α-hetero) is 1. The van der Waals surface area contributed by atoms with Crippen molar-refractivity contribution in [1.82, 2.24) is 5.32 Å². The van der Waals surface area contributed by atoms with Crippen molar-refractivity contribution in [3.8, 4) is 0 Å². The Hall–Kier alpha value is -1.14. The third-order valence-electron chi connectivity index (χ3n) is 4.14. The van der Waals surface area contributed by atoms with E-state index in [1.54, 1.807) is 7.11 Å². The van der Waals surface area contributed by atoms with Gasteiger partial charge in [-0.15, -0.1) is 0 Å². The Bertz CT molecular complexity index is 326. The van der Waals surface area contributed by atoms with Crippen molar-refractivity contribution in [1.29, 1.82) is 0 Å². The van der Waals surface area contributed by atoms with Crippen molar-refractivity contribution in [2.45, 2.75) is 51.0 Å². The molecule has 1 aliphatic rings. The van der Waals surface area contributed by atoms with Crippen LogP contribution < -0.4 is 5.32 Å². The van der Waals surface area contributed by atoms with E-state index >= 15 is 0 Å². The molecule has 0 bridgehead atoms. The smallest absolute Gasteiger partial charge is 0.407 e. The molecule has 1 N–H and O–H groups in total. The molecule has 0 saturated heterocycles. The number of hydrogen-bond donors (Lipinski definition) is 1. The largest absolute Gasteiger partial charge is 0.453 e. The summed E-state index contributed by atoms with van der Waals surface area (Å²) in [6.07, 6.45) is 5.77. The zero-order valence-electron chi connectivity index (χ0n) is 13.8. The minimum atomic E-state index is -0.355. The molecule has 0 aliphatic heterocycles. The number of carbonyl (C=O) groups excluding carboxylic acids is 2. The molecule has 1 aliphatic carbocycles. The van der Waals surface area contributed by atoms with Gasteiger partial charge in [0.25, 0.3) is 0 Å². The molecule has 0 heterocycles. The van der Waals surface area contributed by atoms with Crippen molar-refractivity contribution in [3.63, 3.8) is 0 Å². The van der Waals surface area contributed by atoms with Gasteiger partial charge in [0, 0.05) is 26.0 Å². The van der Waals surface area contributed by atoms with E-state index in [2.05, 4.69) is 10.1 Å². The number of rotatable bonds is 10. The fourth-order valence-corrected chi connectivity index (χ4v) is 2.74. The maximum atomic E-state index is 11.8. The lowest BCUT2D eigenvalue weighted by atomic mass is 9.83. The van der Waals surface area contributed by atoms with Crippen molar-refractivity contribution in [2.75, 3.05) is 34.0 Å². The van der Waals surface area contributed by atoms with Gasteiger partial charge in [-0.2, -0.15) is 0 Å². The first kappa shape index (κ1) is 18.9. The molecule has 1 rings (SSSR count). The lowest BCUT2D eigenvalue weighted by Gasteiger charge is -2.28. The number of carbonyl (C=O) groups is 2. The molecule has 0 spiro atoms. The van der Waals surface area contributed by atoms with Crippen molar-refractivity contribution < 1.29 is 23.8 Å². The zero-order valence-corrected chi connectivity index (χ0v) is 13.8. The van der Waals surface area contributed by atoms with Crippen LogP contribution in [0.15, 0.2) is 0 Å². The van der Waals surface area contributed by atoms with Gasteiger partial charge in [-0.1, -0.05) is 0 Å². The van der Waals surface area contributed by atoms with E-state index in [-0.39, 0.29) is 17.9 Å². The third kappa shape index (κ3) is 8.34. The molecule has 6 heteroatoms. The molecule has 6 nitrogen and oxygen atoms in total. The second-order valence-electron chi connectivity index (χ2n) is 5.79. The number of ether oxygens (including phenoxy) is 3. The molecule has 128 valence electrons. The number of amides is 1. The predicted octanol–water partition coefficient (Wildman–Crippen LogP) is 2.30. The van der Waals surface area contributed by atoms with E-state index in [0.29, 0.717) is 38.6 Å². The second-order valence-corrected chi connectivity index (χ2v) is 5.79. The van der Waals surface area contributed by atoms with Crippen molar-refractivity contribution in [2.24, 2.45) is 5.92 Å². The molecule has 1 fully saturated rings. The third-order valence-corrected chi connectivity index (χ3v) is 4.14. The van der Waals surface area contributed by atoms with Crippen molar-refractivity contribution in [3.05, 3.63) is 0 Å². The Kier molecular flexibility index (Phi) is 9.82. The van der Waals surface area contributed by atoms with Gasteiger partial charge in [0.1, 0.15) is 5.78 Å². The Balaban J connectivity index is 2.04. The Morgan fingerprint density at radius 3 is 2.36 bits per heavy atom. The Morgan fingerprint density at radius 2 is 1.73 bits per heavy atom. The summed E-state index contributed by atoms with van der Waals surface area (Å²) >= 11 is 0. The summed E-state index contributed by atoms with van der Waals surface area (Å²) < 4.78 is 14.8. The van der Waals surface area contributed by atoms with E-state index < -0.39 is 0 Å². The minimum Gasteiger partial charge on any atom is -0.453 e. The van der Waals surface area contributed by atoms with E-state index in [9.17, 15) is 9.59 Å². The first-order valence-electron chi connectivity index (χ1n) is 8.08. The summed E-state index contributed by atoms with van der Waals surface area (Å²) in [5.74, 6) is 0.862. The van der Waals surface area contributed by atoms with E-state index in [0.717, 1.165) is 32.1 Å². The van der Waals surface area contributed by atoms with Gasteiger partial charge in [-0.05, 0) is 38.0 Å². The highest BCUT2D eigenvalue weighted by molar-refractivity contribution is 5.78.